The number of hydrogen-bond acceptors (Lipinski definition) is 9. The van der Waals surface area contributed by atoms with Gasteiger partial charge >= 0.3 is 19.8 Å². The molecule has 0 aromatic heterocycles. The van der Waals surface area contributed by atoms with Gasteiger partial charge < -0.3 is 24.6 Å². The number of phosphoric acid groups is 1. The number of aliphatic hydroxyl groups excluding tert-OH is 2. The van der Waals surface area contributed by atoms with Crippen LogP contribution in [0.25, 0.3) is 0 Å². The summed E-state index contributed by atoms with van der Waals surface area (Å²) in [5, 5.41) is 18.2. The number of phosphoric ester groups is 1. The fourth-order valence-corrected chi connectivity index (χ4v) is 5.29. The second-order valence-corrected chi connectivity index (χ2v) is 13.7. The Morgan fingerprint density at radius 1 is 0.600 bits per heavy atom. The Morgan fingerprint density at radius 3 is 1.64 bits per heavy atom. The van der Waals surface area contributed by atoms with E-state index < -0.39 is 51.8 Å². The maximum Gasteiger partial charge on any atom is 0.472 e. The summed E-state index contributed by atoms with van der Waals surface area (Å²) in [7, 11) is -4.63. The summed E-state index contributed by atoms with van der Waals surface area (Å²) in [6.45, 7) is 2.20. The molecule has 0 amide bonds. The average Bonchev–Trinajstić information content (AvgIpc) is 3.10. The second-order valence-electron chi connectivity index (χ2n) is 12.3. The van der Waals surface area contributed by atoms with Crippen LogP contribution < -0.4 is 0 Å². The Bertz CT molecular complexity index is 1020. The molecule has 0 aromatic rings. The van der Waals surface area contributed by atoms with Gasteiger partial charge in [0.05, 0.1) is 19.8 Å². The topological polar surface area (TPSA) is 149 Å². The van der Waals surface area contributed by atoms with Crippen molar-refractivity contribution in [2.75, 3.05) is 26.4 Å². The minimum absolute atomic E-state index is 0.0593. The van der Waals surface area contributed by atoms with Crippen LogP contribution in [0.1, 0.15) is 136 Å². The van der Waals surface area contributed by atoms with E-state index in [0.29, 0.717) is 12.8 Å². The molecule has 3 atom stereocenters. The smallest absolute Gasteiger partial charge is 0.462 e. The van der Waals surface area contributed by atoms with E-state index >= 15 is 0 Å². The molecule has 11 heteroatoms. The van der Waals surface area contributed by atoms with Crippen LogP contribution >= 0.6 is 7.82 Å². The maximum absolute atomic E-state index is 12.5. The molecule has 0 aliphatic heterocycles. The first-order valence-electron chi connectivity index (χ1n) is 18.7. The van der Waals surface area contributed by atoms with E-state index in [0.717, 1.165) is 44.9 Å². The molecule has 1 unspecified atom stereocenters. The molecule has 0 aliphatic rings. The quantitative estimate of drug-likeness (QED) is 0.0254. The van der Waals surface area contributed by atoms with Gasteiger partial charge in [0.15, 0.2) is 6.10 Å². The van der Waals surface area contributed by atoms with E-state index in [4.69, 9.17) is 19.1 Å². The van der Waals surface area contributed by atoms with E-state index in [1.54, 1.807) is 0 Å². The molecule has 0 radical (unpaired) electrons. The molecule has 3 N–H and O–H groups in total. The summed E-state index contributed by atoms with van der Waals surface area (Å²) in [6.07, 6.45) is 36.5. The lowest BCUT2D eigenvalue weighted by molar-refractivity contribution is -0.161. The lowest BCUT2D eigenvalue weighted by Crippen LogP contribution is -2.29. The Hall–Kier alpha value is -2.33. The molecule has 0 aliphatic carbocycles. The number of ether oxygens (including phenoxy) is 2. The van der Waals surface area contributed by atoms with Crippen LogP contribution in [0.15, 0.2) is 60.8 Å². The molecule has 0 fully saturated rings. The molecule has 0 bridgehead atoms. The number of unbranched alkanes of at least 4 members (excludes halogenated alkanes) is 10. The average molecular weight is 727 g/mol. The van der Waals surface area contributed by atoms with E-state index in [-0.39, 0.29) is 19.4 Å². The Labute approximate surface area is 302 Å². The summed E-state index contributed by atoms with van der Waals surface area (Å²) in [6, 6.07) is 0. The molecular weight excluding hydrogens is 659 g/mol. The molecule has 288 valence electrons. The summed E-state index contributed by atoms with van der Waals surface area (Å²) in [4.78, 5) is 34.6. The van der Waals surface area contributed by atoms with Crippen molar-refractivity contribution < 1.29 is 47.8 Å². The molecule has 0 heterocycles. The predicted octanol–water partition coefficient (Wildman–Crippen LogP) is 9.16. The maximum atomic E-state index is 12.5. The minimum atomic E-state index is -4.63. The molecule has 0 saturated heterocycles. The summed E-state index contributed by atoms with van der Waals surface area (Å²) >= 11 is 0. The first-order chi connectivity index (χ1) is 24.2. The van der Waals surface area contributed by atoms with Crippen molar-refractivity contribution >= 4 is 19.8 Å². The van der Waals surface area contributed by atoms with Crippen LogP contribution in [0.4, 0.5) is 0 Å². The van der Waals surface area contributed by atoms with E-state index in [2.05, 4.69) is 67.0 Å². The van der Waals surface area contributed by atoms with Gasteiger partial charge in [-0.05, 0) is 51.4 Å². The van der Waals surface area contributed by atoms with Gasteiger partial charge in [-0.1, -0.05) is 132 Å². The van der Waals surface area contributed by atoms with Crippen molar-refractivity contribution in [2.45, 2.75) is 148 Å². The number of carbonyl (C=O) groups is 2. The standard InChI is InChI=1S/C39H67O10P/c1-3-5-7-9-11-13-14-15-16-17-18-19-20-21-22-23-25-27-29-31-39(43)49-37(35-48-50(44,45)47-33-36(41)32-40)34-46-38(42)30-28-26-24-12-10-8-6-4-2/h11,13,15-16,18-19,21-22,25,27,36-37,40-41H,3-10,12,14,17,20,23-24,26,28-35H2,1-2H3,(H,44,45)/b13-11+,16-15+,19-18+,22-21+,27-25+/t36-,37+/m0/s1. The molecular formula is C39H67O10P. The molecule has 0 aromatic carbocycles. The molecule has 0 saturated carbocycles. The normalized spacial score (nSPS) is 14.7. The Morgan fingerprint density at radius 2 is 1.08 bits per heavy atom. The number of allylic oxidation sites excluding steroid dienone is 10. The van der Waals surface area contributed by atoms with E-state index in [1.807, 2.05) is 12.2 Å². The van der Waals surface area contributed by atoms with Gasteiger partial charge in [0.25, 0.3) is 0 Å². The minimum Gasteiger partial charge on any atom is -0.462 e. The van der Waals surface area contributed by atoms with Gasteiger partial charge in [0.2, 0.25) is 0 Å². The predicted molar refractivity (Wildman–Crippen MR) is 200 cm³/mol. The number of hydrogen-bond donors (Lipinski definition) is 3. The number of rotatable bonds is 34. The largest absolute Gasteiger partial charge is 0.472 e. The van der Waals surface area contributed by atoms with Crippen molar-refractivity contribution in [3.05, 3.63) is 60.8 Å². The van der Waals surface area contributed by atoms with E-state index in [9.17, 15) is 24.2 Å². The lowest BCUT2D eigenvalue weighted by atomic mass is 10.1. The van der Waals surface area contributed by atoms with Crippen LogP contribution in [0.3, 0.4) is 0 Å². The number of carbonyl (C=O) groups excluding carboxylic acids is 2. The van der Waals surface area contributed by atoms with Crippen LogP contribution in [-0.2, 0) is 32.7 Å². The van der Waals surface area contributed by atoms with Crippen LogP contribution in [0.2, 0.25) is 0 Å². The Kier molecular flexibility index (Phi) is 33.5. The fourth-order valence-electron chi connectivity index (χ4n) is 4.50. The third-order valence-corrected chi connectivity index (χ3v) is 8.39. The summed E-state index contributed by atoms with van der Waals surface area (Å²) in [5.41, 5.74) is 0. The highest BCUT2D eigenvalue weighted by Crippen LogP contribution is 2.43. The van der Waals surface area contributed by atoms with Gasteiger partial charge in [-0.2, -0.15) is 0 Å². The molecule has 50 heavy (non-hydrogen) atoms. The highest BCUT2D eigenvalue weighted by molar-refractivity contribution is 7.47. The van der Waals surface area contributed by atoms with Crippen molar-refractivity contribution in [3.63, 3.8) is 0 Å². The monoisotopic (exact) mass is 726 g/mol. The van der Waals surface area contributed by atoms with Crippen molar-refractivity contribution in [1.82, 2.24) is 0 Å². The number of esters is 2. The van der Waals surface area contributed by atoms with Gasteiger partial charge in [-0.15, -0.1) is 0 Å². The van der Waals surface area contributed by atoms with Gasteiger partial charge in [0.1, 0.15) is 12.7 Å². The highest BCUT2D eigenvalue weighted by Gasteiger charge is 2.27. The van der Waals surface area contributed by atoms with Crippen LogP contribution in [0, 0.1) is 0 Å². The zero-order valence-corrected chi connectivity index (χ0v) is 31.7. The highest BCUT2D eigenvalue weighted by atomic mass is 31.2. The van der Waals surface area contributed by atoms with E-state index in [1.165, 1.54) is 51.4 Å². The molecule has 0 rings (SSSR count). The SMILES string of the molecule is CCCCC/C=C/C/C=C/C/C=C/C/C=C/C/C=C/CCC(=O)O[C@H](COC(=O)CCCCCCCCCC)COP(=O)(O)OC[C@@H](O)CO. The second kappa shape index (κ2) is 35.1. The zero-order valence-electron chi connectivity index (χ0n) is 30.8. The van der Waals surface area contributed by atoms with Crippen LogP contribution in [0.5, 0.6) is 0 Å². The summed E-state index contributed by atoms with van der Waals surface area (Å²) < 4.78 is 32.4. The molecule has 10 nitrogen and oxygen atoms in total. The first kappa shape index (κ1) is 47.7. The number of aliphatic hydroxyl groups is 2. The third-order valence-electron chi connectivity index (χ3n) is 7.44. The van der Waals surface area contributed by atoms with Crippen LogP contribution in [-0.4, -0.2) is 65.7 Å². The van der Waals surface area contributed by atoms with Crippen molar-refractivity contribution in [1.29, 1.82) is 0 Å². The van der Waals surface area contributed by atoms with Gasteiger partial charge in [0, 0.05) is 12.8 Å². The van der Waals surface area contributed by atoms with Gasteiger partial charge in [-0.3, -0.25) is 18.6 Å². The summed E-state index contributed by atoms with van der Waals surface area (Å²) in [5.74, 6) is -1.03. The first-order valence-corrected chi connectivity index (χ1v) is 20.2. The lowest BCUT2D eigenvalue weighted by Gasteiger charge is -2.20. The fraction of sp³-hybridized carbons (Fsp3) is 0.692. The third kappa shape index (κ3) is 34.1. The molecule has 0 spiro atoms. The Balaban J connectivity index is 4.49. The zero-order chi connectivity index (χ0) is 37.0. The van der Waals surface area contributed by atoms with Crippen molar-refractivity contribution in [2.24, 2.45) is 0 Å². The van der Waals surface area contributed by atoms with Crippen molar-refractivity contribution in [3.8, 4) is 0 Å². The van der Waals surface area contributed by atoms with Gasteiger partial charge in [-0.25, -0.2) is 4.57 Å².